The van der Waals surface area contributed by atoms with Gasteiger partial charge in [-0.05, 0) is 25.0 Å². The monoisotopic (exact) mass is 550 g/mol. The van der Waals surface area contributed by atoms with Crippen molar-refractivity contribution < 1.29 is 0 Å². The third-order valence-corrected chi connectivity index (χ3v) is 7.07. The van der Waals surface area contributed by atoms with E-state index >= 15 is 0 Å². The van der Waals surface area contributed by atoms with Crippen LogP contribution in [0.2, 0.25) is 0 Å². The van der Waals surface area contributed by atoms with E-state index in [4.69, 9.17) is 15.0 Å². The number of aromatic nitrogens is 9. The molecular weight excluding hydrogens is 528 g/mol. The van der Waals surface area contributed by atoms with E-state index < -0.39 is 0 Å². The zero-order chi connectivity index (χ0) is 27.9. The molecule has 0 bridgehead atoms. The van der Waals surface area contributed by atoms with Gasteiger partial charge in [0.2, 0.25) is 17.8 Å². The molecule has 0 unspecified atom stereocenters. The number of rotatable bonds is 5. The molecule has 12 nitrogen and oxygen atoms in total. The minimum absolute atomic E-state index is 0.390. The van der Waals surface area contributed by atoms with E-state index in [1.807, 2.05) is 68.9 Å². The first kappa shape index (κ1) is 23.9. The standard InChI is InChI=1S/C30H22N12/c1-3-11-33-22(6-1)26-35-14-16-40(26)28-37-29(41-17-15-36-27(41)23-7-2-4-12-34-23)39-30(38-28)42-24-8-5-10-31-18-20(24)21-19-32-13-9-25(21)42/h1,3,6-10,12-19,33H,2,4,11H2. The van der Waals surface area contributed by atoms with Gasteiger partial charge in [0.1, 0.15) is 5.70 Å². The first-order valence-electron chi connectivity index (χ1n) is 13.5. The number of aliphatic imine (C=N–C) groups is 2. The molecule has 202 valence electrons. The Bertz CT molecular complexity index is 2090. The molecule has 0 saturated carbocycles. The topological polar surface area (TPSA) is 129 Å². The molecule has 0 aliphatic carbocycles. The smallest absolute Gasteiger partial charge is 0.242 e. The maximum atomic E-state index is 5.00. The number of pyridine rings is 1. The maximum absolute atomic E-state index is 5.00. The number of allylic oxidation sites excluding steroid dienone is 3. The first-order chi connectivity index (χ1) is 20.8. The summed E-state index contributed by atoms with van der Waals surface area (Å²) >= 11 is 0. The summed E-state index contributed by atoms with van der Waals surface area (Å²) in [4.78, 5) is 37.5. The lowest BCUT2D eigenvalue weighted by molar-refractivity contribution is 0.789. The summed E-state index contributed by atoms with van der Waals surface area (Å²) < 4.78 is 5.67. The third kappa shape index (κ3) is 3.94. The number of hydrogen-bond acceptors (Lipinski definition) is 9. The molecule has 0 spiro atoms. The lowest BCUT2D eigenvalue weighted by Gasteiger charge is -2.16. The van der Waals surface area contributed by atoms with Gasteiger partial charge in [-0.3, -0.25) is 28.7 Å². The van der Waals surface area contributed by atoms with Gasteiger partial charge in [0.15, 0.2) is 11.6 Å². The number of hydrogen-bond donors (Lipinski definition) is 1. The predicted molar refractivity (Wildman–Crippen MR) is 160 cm³/mol. The van der Waals surface area contributed by atoms with Crippen molar-refractivity contribution in [3.63, 3.8) is 0 Å². The van der Waals surface area contributed by atoms with E-state index in [1.165, 1.54) is 0 Å². The molecule has 0 atom stereocenters. The van der Waals surface area contributed by atoms with Crippen LogP contribution in [0.15, 0.2) is 89.5 Å². The van der Waals surface area contributed by atoms with E-state index in [2.05, 4.69) is 42.1 Å². The molecule has 0 saturated heterocycles. The fourth-order valence-corrected chi connectivity index (χ4v) is 5.19. The molecule has 12 heteroatoms. The van der Waals surface area contributed by atoms with Crippen LogP contribution in [0.5, 0.6) is 0 Å². The van der Waals surface area contributed by atoms with E-state index in [-0.39, 0.29) is 0 Å². The van der Waals surface area contributed by atoms with Crippen LogP contribution in [0.4, 0.5) is 0 Å². The summed E-state index contributed by atoms with van der Waals surface area (Å²) in [7, 11) is 0. The van der Waals surface area contributed by atoms with E-state index in [0.29, 0.717) is 36.0 Å². The highest BCUT2D eigenvalue weighted by Gasteiger charge is 2.23. The molecule has 5 aromatic heterocycles. The van der Waals surface area contributed by atoms with Crippen LogP contribution in [0.1, 0.15) is 35.7 Å². The first-order valence-corrected chi connectivity index (χ1v) is 13.5. The molecule has 3 aliphatic rings. The van der Waals surface area contributed by atoms with Crippen molar-refractivity contribution in [2.45, 2.75) is 12.8 Å². The van der Waals surface area contributed by atoms with Crippen LogP contribution < -0.4 is 5.32 Å². The molecule has 8 heterocycles. The number of nitrogens with zero attached hydrogens (tertiary/aromatic N) is 11. The Balaban J connectivity index is 1.40. The van der Waals surface area contributed by atoms with Crippen LogP contribution in [-0.2, 0) is 0 Å². The minimum atomic E-state index is 0.390. The van der Waals surface area contributed by atoms with Gasteiger partial charge < -0.3 is 5.32 Å². The highest BCUT2D eigenvalue weighted by atomic mass is 15.3. The van der Waals surface area contributed by atoms with Gasteiger partial charge >= 0.3 is 0 Å². The second-order valence-corrected chi connectivity index (χ2v) is 9.59. The number of fused-ring (bicyclic) bond motifs is 3. The molecule has 0 amide bonds. The van der Waals surface area contributed by atoms with E-state index in [9.17, 15) is 0 Å². The number of imidazole rings is 2. The quantitative estimate of drug-likeness (QED) is 0.329. The van der Waals surface area contributed by atoms with Gasteiger partial charge in [-0.25, -0.2) is 9.97 Å². The van der Waals surface area contributed by atoms with Crippen LogP contribution >= 0.6 is 0 Å². The Morgan fingerprint density at radius 2 is 1.74 bits per heavy atom. The minimum Gasteiger partial charge on any atom is -0.379 e. The summed E-state index contributed by atoms with van der Waals surface area (Å²) in [5.74, 6) is 2.53. The fraction of sp³-hybridized carbons (Fsp3) is 0.100. The number of dihydropyridines is 1. The molecule has 5 aromatic rings. The lowest BCUT2D eigenvalue weighted by Crippen LogP contribution is -2.19. The average molecular weight is 551 g/mol. The molecule has 8 rings (SSSR count). The zero-order valence-corrected chi connectivity index (χ0v) is 22.2. The SMILES string of the molecule is C1=CN=Cc2c(n(-c3nc(-n4ccnc4C4=CCCC=N4)nc(-n4ccnc4C4=CC=CCN4)n3)c3ccncc23)C=1. The van der Waals surface area contributed by atoms with E-state index in [0.717, 1.165) is 46.4 Å². The molecule has 42 heavy (non-hydrogen) atoms. The Hall–Kier alpha value is -6.00. The summed E-state index contributed by atoms with van der Waals surface area (Å²) in [6.45, 7) is 0.706. The van der Waals surface area contributed by atoms with E-state index in [1.54, 1.807) is 31.0 Å². The predicted octanol–water partition coefficient (Wildman–Crippen LogP) is 3.85. The molecule has 0 radical (unpaired) electrons. The largest absolute Gasteiger partial charge is 0.379 e. The highest BCUT2D eigenvalue weighted by molar-refractivity contribution is 6.04. The third-order valence-electron chi connectivity index (χ3n) is 7.07. The number of nitrogens with one attached hydrogen (secondary N) is 1. The van der Waals surface area contributed by atoms with Gasteiger partial charge in [-0.15, -0.1) is 0 Å². The van der Waals surface area contributed by atoms with Gasteiger partial charge in [0, 0.05) is 73.2 Å². The van der Waals surface area contributed by atoms with Crippen LogP contribution in [0.25, 0.3) is 46.2 Å². The maximum Gasteiger partial charge on any atom is 0.242 e. The molecule has 0 fully saturated rings. The van der Waals surface area contributed by atoms with Crippen molar-refractivity contribution in [1.29, 1.82) is 0 Å². The van der Waals surface area contributed by atoms with Crippen molar-refractivity contribution in [3.05, 3.63) is 102 Å². The molecule has 0 aromatic carbocycles. The van der Waals surface area contributed by atoms with Crippen LogP contribution in [-0.4, -0.2) is 62.6 Å². The van der Waals surface area contributed by atoms with Gasteiger partial charge in [0.25, 0.3) is 0 Å². The average Bonchev–Trinajstić information content (AvgIpc) is 3.76. The Morgan fingerprint density at radius 3 is 2.55 bits per heavy atom. The Labute approximate surface area is 239 Å². The Kier molecular flexibility index (Phi) is 5.61. The van der Waals surface area contributed by atoms with Gasteiger partial charge in [0.05, 0.1) is 23.1 Å². The van der Waals surface area contributed by atoms with Crippen molar-refractivity contribution in [2.24, 2.45) is 9.98 Å². The molecule has 3 aliphatic heterocycles. The summed E-state index contributed by atoms with van der Waals surface area (Å²) in [5.41, 5.74) is 7.38. The Morgan fingerprint density at radius 1 is 0.905 bits per heavy atom. The normalized spacial score (nSPS) is 15.4. The van der Waals surface area contributed by atoms with Crippen molar-refractivity contribution >= 4 is 40.8 Å². The van der Waals surface area contributed by atoms with Crippen molar-refractivity contribution in [1.82, 2.24) is 48.9 Å². The van der Waals surface area contributed by atoms with Crippen LogP contribution in [0, 0.1) is 0 Å². The summed E-state index contributed by atoms with van der Waals surface area (Å²) in [5, 5.41) is 4.30. The highest BCUT2D eigenvalue weighted by Crippen LogP contribution is 2.30. The zero-order valence-electron chi connectivity index (χ0n) is 22.2. The molecular formula is C30H22N12. The summed E-state index contributed by atoms with van der Waals surface area (Å²) in [6, 6.07) is 1.94. The van der Waals surface area contributed by atoms with Gasteiger partial charge in [-0.2, -0.15) is 15.0 Å². The summed E-state index contributed by atoms with van der Waals surface area (Å²) in [6.07, 6.45) is 27.8. The molecule has 1 N–H and O–H groups in total. The van der Waals surface area contributed by atoms with Gasteiger partial charge in [-0.1, -0.05) is 24.0 Å². The van der Waals surface area contributed by atoms with Crippen molar-refractivity contribution in [2.75, 3.05) is 6.54 Å². The van der Waals surface area contributed by atoms with Crippen molar-refractivity contribution in [3.8, 4) is 17.8 Å². The fourth-order valence-electron chi connectivity index (χ4n) is 5.19. The second kappa shape index (κ2) is 9.88. The lowest BCUT2D eigenvalue weighted by atomic mass is 10.2. The van der Waals surface area contributed by atoms with Crippen LogP contribution in [0.3, 0.4) is 0 Å². The second-order valence-electron chi connectivity index (χ2n) is 9.59.